The topological polar surface area (TPSA) is 86.5 Å². The number of benzene rings is 1. The van der Waals surface area contributed by atoms with Gasteiger partial charge in [0.05, 0.1) is 11.6 Å². The van der Waals surface area contributed by atoms with Gasteiger partial charge in [-0.3, -0.25) is 4.98 Å². The zero-order valence-electron chi connectivity index (χ0n) is 13.2. The van der Waals surface area contributed by atoms with Gasteiger partial charge >= 0.3 is 0 Å². The van der Waals surface area contributed by atoms with Gasteiger partial charge in [0, 0.05) is 36.4 Å². The van der Waals surface area contributed by atoms with Gasteiger partial charge in [0.2, 0.25) is 5.95 Å². The Labute approximate surface area is 140 Å². The average molecular weight is 316 g/mol. The molecule has 0 saturated carbocycles. The summed E-state index contributed by atoms with van der Waals surface area (Å²) in [6, 6.07) is 15.1. The Morgan fingerprint density at radius 1 is 1.08 bits per heavy atom. The zero-order valence-corrected chi connectivity index (χ0v) is 13.2. The van der Waals surface area contributed by atoms with Gasteiger partial charge in [-0.15, -0.1) is 0 Å². The number of nitriles is 1. The van der Waals surface area contributed by atoms with Crippen molar-refractivity contribution in [3.8, 4) is 6.07 Å². The van der Waals surface area contributed by atoms with E-state index in [9.17, 15) is 0 Å². The van der Waals surface area contributed by atoms with Crippen LogP contribution < -0.4 is 10.6 Å². The molecular weight excluding hydrogens is 300 g/mol. The molecular formula is C18H16N6. The third kappa shape index (κ3) is 4.05. The van der Waals surface area contributed by atoms with Crippen molar-refractivity contribution in [2.24, 2.45) is 0 Å². The van der Waals surface area contributed by atoms with Crippen molar-refractivity contribution in [2.45, 2.75) is 13.5 Å². The average Bonchev–Trinajstić information content (AvgIpc) is 2.60. The fraction of sp³-hybridized carbons (Fsp3) is 0.111. The molecule has 0 atom stereocenters. The van der Waals surface area contributed by atoms with Crippen molar-refractivity contribution < 1.29 is 0 Å². The summed E-state index contributed by atoms with van der Waals surface area (Å²) in [6.07, 6.45) is 3.51. The van der Waals surface area contributed by atoms with E-state index in [0.717, 1.165) is 16.9 Å². The first-order valence-corrected chi connectivity index (χ1v) is 7.48. The third-order valence-electron chi connectivity index (χ3n) is 3.32. The van der Waals surface area contributed by atoms with E-state index in [1.54, 1.807) is 24.5 Å². The summed E-state index contributed by atoms with van der Waals surface area (Å²) in [7, 11) is 0. The molecule has 2 aromatic heterocycles. The second-order valence-electron chi connectivity index (χ2n) is 5.24. The van der Waals surface area contributed by atoms with Crippen molar-refractivity contribution in [2.75, 3.05) is 10.6 Å². The highest BCUT2D eigenvalue weighted by atomic mass is 15.1. The second kappa shape index (κ2) is 7.20. The largest absolute Gasteiger partial charge is 0.350 e. The van der Waals surface area contributed by atoms with E-state index in [2.05, 4.69) is 31.7 Å². The van der Waals surface area contributed by atoms with Crippen LogP contribution in [0.5, 0.6) is 0 Å². The van der Waals surface area contributed by atoms with E-state index in [1.807, 2.05) is 37.3 Å². The van der Waals surface area contributed by atoms with Gasteiger partial charge in [-0.2, -0.15) is 10.2 Å². The minimum Gasteiger partial charge on any atom is -0.350 e. The van der Waals surface area contributed by atoms with Gasteiger partial charge in [-0.1, -0.05) is 6.07 Å². The van der Waals surface area contributed by atoms with Gasteiger partial charge < -0.3 is 10.6 Å². The Kier molecular flexibility index (Phi) is 4.63. The van der Waals surface area contributed by atoms with Crippen LogP contribution in [0.3, 0.4) is 0 Å². The van der Waals surface area contributed by atoms with E-state index in [0.29, 0.717) is 23.9 Å². The molecule has 1 aromatic carbocycles. The number of nitrogens with one attached hydrogen (secondary N) is 2. The van der Waals surface area contributed by atoms with Crippen LogP contribution in [0.25, 0.3) is 0 Å². The maximum atomic E-state index is 8.98. The lowest BCUT2D eigenvalue weighted by Gasteiger charge is -2.10. The Morgan fingerprint density at radius 3 is 2.71 bits per heavy atom. The van der Waals surface area contributed by atoms with Gasteiger partial charge in [-0.25, -0.2) is 4.98 Å². The summed E-state index contributed by atoms with van der Waals surface area (Å²) in [6.45, 7) is 2.53. The number of rotatable bonds is 5. The van der Waals surface area contributed by atoms with Gasteiger partial charge in [0.25, 0.3) is 0 Å². The lowest BCUT2D eigenvalue weighted by Crippen LogP contribution is -2.06. The molecule has 0 spiro atoms. The molecule has 0 aliphatic heterocycles. The van der Waals surface area contributed by atoms with Gasteiger partial charge in [0.15, 0.2) is 0 Å². The molecule has 3 rings (SSSR count). The lowest BCUT2D eigenvalue weighted by atomic mass is 10.2. The lowest BCUT2D eigenvalue weighted by molar-refractivity contribution is 1.03. The smallest absolute Gasteiger partial charge is 0.225 e. The molecule has 2 N–H and O–H groups in total. The quantitative estimate of drug-likeness (QED) is 0.750. The third-order valence-corrected chi connectivity index (χ3v) is 3.32. The maximum absolute atomic E-state index is 8.98. The minimum absolute atomic E-state index is 0.547. The molecule has 0 fully saturated rings. The first kappa shape index (κ1) is 15.4. The summed E-state index contributed by atoms with van der Waals surface area (Å²) >= 11 is 0. The Hall–Kier alpha value is -3.46. The molecule has 0 aliphatic carbocycles. The van der Waals surface area contributed by atoms with Crippen LogP contribution in [-0.4, -0.2) is 15.0 Å². The van der Waals surface area contributed by atoms with Crippen LogP contribution in [0.4, 0.5) is 17.5 Å². The summed E-state index contributed by atoms with van der Waals surface area (Å²) < 4.78 is 0. The maximum Gasteiger partial charge on any atom is 0.225 e. The Balaban J connectivity index is 1.75. The number of hydrogen-bond donors (Lipinski definition) is 2. The van der Waals surface area contributed by atoms with Crippen LogP contribution in [0.15, 0.2) is 54.9 Å². The summed E-state index contributed by atoms with van der Waals surface area (Å²) in [5.74, 6) is 1.22. The number of aryl methyl sites for hydroxylation is 1. The first-order chi connectivity index (χ1) is 11.7. The molecule has 24 heavy (non-hydrogen) atoms. The molecule has 6 heteroatoms. The number of nitrogens with zero attached hydrogens (tertiary/aromatic N) is 4. The van der Waals surface area contributed by atoms with Crippen LogP contribution in [0.2, 0.25) is 0 Å². The Morgan fingerprint density at radius 2 is 1.92 bits per heavy atom. The number of pyridine rings is 1. The highest BCUT2D eigenvalue weighted by molar-refractivity contribution is 5.59. The van der Waals surface area contributed by atoms with E-state index < -0.39 is 0 Å². The first-order valence-electron chi connectivity index (χ1n) is 7.48. The fourth-order valence-corrected chi connectivity index (χ4v) is 2.21. The van der Waals surface area contributed by atoms with Crippen LogP contribution in [0, 0.1) is 18.3 Å². The van der Waals surface area contributed by atoms with Crippen molar-refractivity contribution in [1.82, 2.24) is 15.0 Å². The molecule has 0 radical (unpaired) electrons. The predicted molar refractivity (Wildman–Crippen MR) is 92.8 cm³/mol. The molecule has 118 valence electrons. The summed E-state index contributed by atoms with van der Waals surface area (Å²) in [5.41, 5.74) is 3.36. The van der Waals surface area contributed by atoms with Crippen LogP contribution >= 0.6 is 0 Å². The SMILES string of the molecule is Cc1cc(Nc2cccc(C#N)c2)nc(NCc2ccncc2)n1. The van der Waals surface area contributed by atoms with Gasteiger partial charge in [-0.05, 0) is 42.8 Å². The van der Waals surface area contributed by atoms with Crippen molar-refractivity contribution >= 4 is 17.5 Å². The molecule has 0 saturated heterocycles. The molecule has 3 aromatic rings. The highest BCUT2D eigenvalue weighted by Gasteiger charge is 2.04. The summed E-state index contributed by atoms with van der Waals surface area (Å²) in [5, 5.41) is 15.4. The fourth-order valence-electron chi connectivity index (χ4n) is 2.21. The highest BCUT2D eigenvalue weighted by Crippen LogP contribution is 2.18. The molecule has 0 unspecified atom stereocenters. The molecule has 0 aliphatic rings. The standard InChI is InChI=1S/C18H16N6/c1-13-9-17(23-16-4-2-3-15(10-16)11-19)24-18(22-13)21-12-14-5-7-20-8-6-14/h2-10H,12H2,1H3,(H2,21,22,23,24). The van der Waals surface area contributed by atoms with Crippen LogP contribution in [-0.2, 0) is 6.54 Å². The normalized spacial score (nSPS) is 10.0. The van der Waals surface area contributed by atoms with E-state index in [-0.39, 0.29) is 0 Å². The van der Waals surface area contributed by atoms with Crippen molar-refractivity contribution in [3.05, 3.63) is 71.7 Å². The van der Waals surface area contributed by atoms with Crippen molar-refractivity contribution in [3.63, 3.8) is 0 Å². The molecule has 0 bridgehead atoms. The monoisotopic (exact) mass is 316 g/mol. The Bertz CT molecular complexity index is 870. The van der Waals surface area contributed by atoms with Crippen molar-refractivity contribution in [1.29, 1.82) is 5.26 Å². The molecule has 0 amide bonds. The number of aromatic nitrogens is 3. The summed E-state index contributed by atoms with van der Waals surface area (Å²) in [4.78, 5) is 12.9. The zero-order chi connectivity index (χ0) is 16.8. The second-order valence-corrected chi connectivity index (χ2v) is 5.24. The van der Waals surface area contributed by atoms with E-state index in [4.69, 9.17) is 5.26 Å². The van der Waals surface area contributed by atoms with Gasteiger partial charge in [0.1, 0.15) is 5.82 Å². The predicted octanol–water partition coefficient (Wildman–Crippen LogP) is 3.41. The van der Waals surface area contributed by atoms with Crippen LogP contribution in [0.1, 0.15) is 16.8 Å². The number of anilines is 3. The molecule has 2 heterocycles. The molecule has 6 nitrogen and oxygen atoms in total. The minimum atomic E-state index is 0.547. The van der Waals surface area contributed by atoms with E-state index >= 15 is 0 Å². The van der Waals surface area contributed by atoms with E-state index in [1.165, 1.54) is 0 Å². The number of hydrogen-bond acceptors (Lipinski definition) is 6.